The summed E-state index contributed by atoms with van der Waals surface area (Å²) in [5.41, 5.74) is 1.64. The number of esters is 1. The summed E-state index contributed by atoms with van der Waals surface area (Å²) in [7, 11) is 1.60. The zero-order chi connectivity index (χ0) is 12.0. The molecule has 88 valence electrons. The second kappa shape index (κ2) is 6.28. The maximum Gasteiger partial charge on any atom is 0.338 e. The fourth-order valence-corrected chi connectivity index (χ4v) is 1.41. The van der Waals surface area contributed by atoms with Crippen LogP contribution in [0.1, 0.15) is 29.3 Å². The van der Waals surface area contributed by atoms with Gasteiger partial charge in [0.2, 0.25) is 0 Å². The quantitative estimate of drug-likeness (QED) is 0.718. The molecule has 3 nitrogen and oxygen atoms in total. The van der Waals surface area contributed by atoms with E-state index < -0.39 is 0 Å². The van der Waals surface area contributed by atoms with Gasteiger partial charge in [0.15, 0.2) is 0 Å². The lowest BCUT2D eigenvalue weighted by Crippen LogP contribution is -2.22. The van der Waals surface area contributed by atoms with Crippen molar-refractivity contribution < 1.29 is 14.3 Å². The average Bonchev–Trinajstić information content (AvgIpc) is 2.28. The Bertz CT molecular complexity index is 347. The summed E-state index contributed by atoms with van der Waals surface area (Å²) in [6.45, 7) is 4.35. The fraction of sp³-hybridized carbons (Fsp3) is 0.462. The smallest absolute Gasteiger partial charge is 0.338 e. The predicted molar refractivity (Wildman–Crippen MR) is 62.5 cm³/mol. The van der Waals surface area contributed by atoms with Crippen LogP contribution in [0, 0.1) is 6.92 Å². The van der Waals surface area contributed by atoms with Gasteiger partial charge in [-0.25, -0.2) is 4.79 Å². The van der Waals surface area contributed by atoms with Crippen LogP contribution < -0.4 is 0 Å². The van der Waals surface area contributed by atoms with Crippen molar-refractivity contribution in [2.24, 2.45) is 0 Å². The molecule has 1 aromatic carbocycles. The number of methoxy groups -OCH3 is 1. The first kappa shape index (κ1) is 12.7. The Labute approximate surface area is 96.4 Å². The first-order valence-electron chi connectivity index (χ1n) is 5.44. The molecule has 0 bridgehead atoms. The van der Waals surface area contributed by atoms with Crippen molar-refractivity contribution in [1.29, 1.82) is 0 Å². The highest BCUT2D eigenvalue weighted by Crippen LogP contribution is 2.08. The molecule has 16 heavy (non-hydrogen) atoms. The van der Waals surface area contributed by atoms with Gasteiger partial charge in [0.1, 0.15) is 6.10 Å². The minimum Gasteiger partial charge on any atom is -0.456 e. The van der Waals surface area contributed by atoms with Gasteiger partial charge in [-0.2, -0.15) is 0 Å². The third kappa shape index (κ3) is 3.66. The maximum atomic E-state index is 11.8. The second-order valence-corrected chi connectivity index (χ2v) is 3.76. The van der Waals surface area contributed by atoms with Gasteiger partial charge in [0.05, 0.1) is 12.2 Å². The molecule has 0 spiro atoms. The molecule has 3 heteroatoms. The molecule has 0 radical (unpaired) electrons. The van der Waals surface area contributed by atoms with E-state index in [-0.39, 0.29) is 12.1 Å². The largest absolute Gasteiger partial charge is 0.456 e. The van der Waals surface area contributed by atoms with E-state index in [2.05, 4.69) is 0 Å². The summed E-state index contributed by atoms with van der Waals surface area (Å²) in [5.74, 6) is -0.285. The molecule has 1 aromatic rings. The molecule has 0 heterocycles. The molecular formula is C13H18O3. The van der Waals surface area contributed by atoms with Gasteiger partial charge in [0.25, 0.3) is 0 Å². The van der Waals surface area contributed by atoms with Gasteiger partial charge in [-0.3, -0.25) is 0 Å². The summed E-state index contributed by atoms with van der Waals surface area (Å²) in [4.78, 5) is 11.8. The maximum absolute atomic E-state index is 11.8. The number of carbonyl (C=O) groups excluding carboxylic acids is 1. The lowest BCUT2D eigenvalue weighted by atomic mass is 10.1. The average molecular weight is 222 g/mol. The van der Waals surface area contributed by atoms with Crippen molar-refractivity contribution in [2.75, 3.05) is 13.7 Å². The number of hydrogen-bond acceptors (Lipinski definition) is 3. The Hall–Kier alpha value is -1.35. The first-order valence-corrected chi connectivity index (χ1v) is 5.44. The molecule has 0 aromatic heterocycles. The van der Waals surface area contributed by atoms with Crippen LogP contribution >= 0.6 is 0 Å². The van der Waals surface area contributed by atoms with E-state index in [4.69, 9.17) is 9.47 Å². The van der Waals surface area contributed by atoms with Crippen molar-refractivity contribution in [3.05, 3.63) is 35.4 Å². The van der Waals surface area contributed by atoms with Crippen LogP contribution in [-0.4, -0.2) is 25.8 Å². The molecular weight excluding hydrogens is 204 g/mol. The lowest BCUT2D eigenvalue weighted by Gasteiger charge is -2.15. The third-order valence-electron chi connectivity index (χ3n) is 2.34. The Morgan fingerprint density at radius 2 is 2.19 bits per heavy atom. The molecule has 0 N–H and O–H groups in total. The normalized spacial score (nSPS) is 12.2. The monoisotopic (exact) mass is 222 g/mol. The van der Waals surface area contributed by atoms with Gasteiger partial charge >= 0.3 is 5.97 Å². The van der Waals surface area contributed by atoms with E-state index in [1.807, 2.05) is 32.0 Å². The SMILES string of the molecule is CCC(COC)OC(=O)c1cccc(C)c1. The van der Waals surface area contributed by atoms with E-state index in [0.717, 1.165) is 12.0 Å². The van der Waals surface area contributed by atoms with Gasteiger partial charge < -0.3 is 9.47 Å². The zero-order valence-corrected chi connectivity index (χ0v) is 10.0. The lowest BCUT2D eigenvalue weighted by molar-refractivity contribution is 0.00474. The Balaban J connectivity index is 2.64. The fourth-order valence-electron chi connectivity index (χ4n) is 1.41. The highest BCUT2D eigenvalue weighted by Gasteiger charge is 2.13. The molecule has 0 aliphatic heterocycles. The molecule has 0 saturated carbocycles. The molecule has 1 rings (SSSR count). The zero-order valence-electron chi connectivity index (χ0n) is 10.0. The number of rotatable bonds is 5. The number of ether oxygens (including phenoxy) is 2. The number of carbonyl (C=O) groups is 1. The highest BCUT2D eigenvalue weighted by atomic mass is 16.6. The van der Waals surface area contributed by atoms with Gasteiger partial charge in [-0.1, -0.05) is 24.6 Å². The third-order valence-corrected chi connectivity index (χ3v) is 2.34. The van der Waals surface area contributed by atoms with Crippen LogP contribution in [0.15, 0.2) is 24.3 Å². The summed E-state index contributed by atoms with van der Waals surface area (Å²) in [6.07, 6.45) is 0.587. The molecule has 0 saturated heterocycles. The van der Waals surface area contributed by atoms with Crippen molar-refractivity contribution in [3.8, 4) is 0 Å². The van der Waals surface area contributed by atoms with Crippen molar-refractivity contribution in [3.63, 3.8) is 0 Å². The molecule has 1 atom stereocenters. The van der Waals surface area contributed by atoms with E-state index in [0.29, 0.717) is 12.2 Å². The van der Waals surface area contributed by atoms with Gasteiger partial charge in [-0.15, -0.1) is 0 Å². The van der Waals surface area contributed by atoms with Crippen LogP contribution in [0.3, 0.4) is 0 Å². The molecule has 0 fully saturated rings. The van der Waals surface area contributed by atoms with Gasteiger partial charge in [0, 0.05) is 7.11 Å². The number of benzene rings is 1. The van der Waals surface area contributed by atoms with Crippen LogP contribution in [-0.2, 0) is 9.47 Å². The van der Waals surface area contributed by atoms with Crippen molar-refractivity contribution in [2.45, 2.75) is 26.4 Å². The topological polar surface area (TPSA) is 35.5 Å². The summed E-state index contributed by atoms with van der Waals surface area (Å²) < 4.78 is 10.3. The standard InChI is InChI=1S/C13H18O3/c1-4-12(9-15-3)16-13(14)11-7-5-6-10(2)8-11/h5-8,12H,4,9H2,1-3H3. The summed E-state index contributed by atoms with van der Waals surface area (Å²) >= 11 is 0. The Kier molecular flexibility index (Phi) is 4.99. The molecule has 1 unspecified atom stereocenters. The van der Waals surface area contributed by atoms with Crippen LogP contribution in [0.2, 0.25) is 0 Å². The Morgan fingerprint density at radius 1 is 1.44 bits per heavy atom. The van der Waals surface area contributed by atoms with Crippen molar-refractivity contribution in [1.82, 2.24) is 0 Å². The minimum atomic E-state index is -0.285. The summed E-state index contributed by atoms with van der Waals surface area (Å²) in [5, 5.41) is 0. The predicted octanol–water partition coefficient (Wildman–Crippen LogP) is 2.58. The second-order valence-electron chi connectivity index (χ2n) is 3.76. The minimum absolute atomic E-state index is 0.169. The first-order chi connectivity index (χ1) is 7.67. The van der Waals surface area contributed by atoms with Crippen molar-refractivity contribution >= 4 is 5.97 Å². The van der Waals surface area contributed by atoms with Crippen LogP contribution in [0.4, 0.5) is 0 Å². The highest BCUT2D eigenvalue weighted by molar-refractivity contribution is 5.89. The molecule has 0 amide bonds. The van der Waals surface area contributed by atoms with E-state index in [9.17, 15) is 4.79 Å². The Morgan fingerprint density at radius 3 is 2.75 bits per heavy atom. The van der Waals surface area contributed by atoms with Crippen LogP contribution in [0.25, 0.3) is 0 Å². The van der Waals surface area contributed by atoms with E-state index >= 15 is 0 Å². The molecule has 0 aliphatic carbocycles. The number of aryl methyl sites for hydroxylation is 1. The number of hydrogen-bond donors (Lipinski definition) is 0. The summed E-state index contributed by atoms with van der Waals surface area (Å²) in [6, 6.07) is 7.38. The van der Waals surface area contributed by atoms with Gasteiger partial charge in [-0.05, 0) is 25.5 Å². The van der Waals surface area contributed by atoms with E-state index in [1.165, 1.54) is 0 Å². The van der Waals surface area contributed by atoms with E-state index in [1.54, 1.807) is 13.2 Å². The molecule has 0 aliphatic rings. The van der Waals surface area contributed by atoms with Crippen LogP contribution in [0.5, 0.6) is 0 Å².